The highest BCUT2D eigenvalue weighted by atomic mass is 32.2. The topological polar surface area (TPSA) is 54.0 Å². The van der Waals surface area contributed by atoms with Crippen LogP contribution in [-0.2, 0) is 0 Å². The maximum Gasteiger partial charge on any atom is 0.197 e. The summed E-state index contributed by atoms with van der Waals surface area (Å²) in [6.45, 7) is 3.93. The first-order valence-electron chi connectivity index (χ1n) is 6.00. The fourth-order valence-electron chi connectivity index (χ4n) is 2.14. The number of thioether (sulfide) groups is 1. The van der Waals surface area contributed by atoms with E-state index in [1.807, 2.05) is 29.5 Å². The lowest BCUT2D eigenvalue weighted by atomic mass is 10.1. The molecule has 4 nitrogen and oxygen atoms in total. The SMILES string of the molecule is Cc1cc2nnc(S[C@@H](C)C#N)n2c2ccccc12. The highest BCUT2D eigenvalue weighted by molar-refractivity contribution is 8.00. The molecule has 0 aliphatic rings. The summed E-state index contributed by atoms with van der Waals surface area (Å²) in [5.41, 5.74) is 3.08. The van der Waals surface area contributed by atoms with Crippen molar-refractivity contribution in [3.8, 4) is 6.07 Å². The van der Waals surface area contributed by atoms with Gasteiger partial charge in [0.2, 0.25) is 0 Å². The number of nitriles is 1. The summed E-state index contributed by atoms with van der Waals surface area (Å²) in [5.74, 6) is 0. The Bertz CT molecular complexity index is 800. The van der Waals surface area contributed by atoms with Crippen molar-refractivity contribution in [1.82, 2.24) is 14.6 Å². The zero-order valence-electron chi connectivity index (χ0n) is 10.7. The molecule has 0 N–H and O–H groups in total. The molecule has 0 aliphatic carbocycles. The van der Waals surface area contributed by atoms with Gasteiger partial charge in [0, 0.05) is 5.39 Å². The first-order chi connectivity index (χ1) is 9.20. The van der Waals surface area contributed by atoms with Gasteiger partial charge in [-0.25, -0.2) is 0 Å². The van der Waals surface area contributed by atoms with E-state index in [1.54, 1.807) is 0 Å². The van der Waals surface area contributed by atoms with Gasteiger partial charge in [-0.1, -0.05) is 30.0 Å². The Kier molecular flexibility index (Phi) is 2.88. The molecule has 0 bridgehead atoms. The van der Waals surface area contributed by atoms with Gasteiger partial charge in [-0.05, 0) is 31.5 Å². The van der Waals surface area contributed by atoms with Gasteiger partial charge in [0.05, 0.1) is 16.8 Å². The molecule has 0 radical (unpaired) electrons. The molecular formula is C14H12N4S. The molecule has 0 aliphatic heterocycles. The largest absolute Gasteiger partial charge is 0.270 e. The quantitative estimate of drug-likeness (QED) is 0.670. The van der Waals surface area contributed by atoms with Crippen molar-refractivity contribution in [2.45, 2.75) is 24.3 Å². The Balaban J connectivity index is 2.32. The Labute approximate surface area is 115 Å². The van der Waals surface area contributed by atoms with Gasteiger partial charge >= 0.3 is 0 Å². The second-order valence-corrected chi connectivity index (χ2v) is 5.72. The third-order valence-corrected chi connectivity index (χ3v) is 3.97. The van der Waals surface area contributed by atoms with Crippen LogP contribution in [0.15, 0.2) is 35.5 Å². The monoisotopic (exact) mass is 268 g/mol. The number of aromatic nitrogens is 3. The number of para-hydroxylation sites is 1. The van der Waals surface area contributed by atoms with Crippen molar-refractivity contribution < 1.29 is 0 Å². The minimum atomic E-state index is -0.146. The van der Waals surface area contributed by atoms with Gasteiger partial charge in [-0.3, -0.25) is 4.40 Å². The molecule has 3 aromatic rings. The minimum absolute atomic E-state index is 0.146. The van der Waals surface area contributed by atoms with Gasteiger partial charge in [-0.15, -0.1) is 10.2 Å². The van der Waals surface area contributed by atoms with Crippen LogP contribution in [0.1, 0.15) is 12.5 Å². The molecule has 2 heterocycles. The number of hydrogen-bond acceptors (Lipinski definition) is 4. The number of aryl methyl sites for hydroxylation is 1. The van der Waals surface area contributed by atoms with E-state index in [0.29, 0.717) is 0 Å². The van der Waals surface area contributed by atoms with Gasteiger partial charge in [-0.2, -0.15) is 5.26 Å². The molecular weight excluding hydrogens is 256 g/mol. The summed E-state index contributed by atoms with van der Waals surface area (Å²) in [6.07, 6.45) is 0. The number of nitrogens with zero attached hydrogens (tertiary/aromatic N) is 4. The van der Waals surface area contributed by atoms with E-state index < -0.39 is 0 Å². The van der Waals surface area contributed by atoms with Crippen molar-refractivity contribution in [2.75, 3.05) is 0 Å². The predicted molar refractivity (Wildman–Crippen MR) is 76.2 cm³/mol. The van der Waals surface area contributed by atoms with E-state index in [4.69, 9.17) is 5.26 Å². The van der Waals surface area contributed by atoms with E-state index in [0.717, 1.165) is 16.3 Å². The summed E-state index contributed by atoms with van der Waals surface area (Å²) < 4.78 is 2.01. The first kappa shape index (κ1) is 12.0. The molecule has 19 heavy (non-hydrogen) atoms. The van der Waals surface area contributed by atoms with E-state index in [9.17, 15) is 0 Å². The summed E-state index contributed by atoms with van der Waals surface area (Å²) in [4.78, 5) is 0. The van der Waals surface area contributed by atoms with Crippen molar-refractivity contribution in [2.24, 2.45) is 0 Å². The average molecular weight is 268 g/mol. The fourth-order valence-corrected chi connectivity index (χ4v) is 2.89. The minimum Gasteiger partial charge on any atom is -0.270 e. The third-order valence-electron chi connectivity index (χ3n) is 3.04. The second kappa shape index (κ2) is 4.56. The maximum absolute atomic E-state index is 8.93. The predicted octanol–water partition coefficient (Wildman–Crippen LogP) is 3.20. The van der Waals surface area contributed by atoms with Crippen LogP contribution in [0.3, 0.4) is 0 Å². The van der Waals surface area contributed by atoms with Crippen LogP contribution in [0.5, 0.6) is 0 Å². The van der Waals surface area contributed by atoms with Gasteiger partial charge in [0.1, 0.15) is 0 Å². The normalized spacial score (nSPS) is 12.7. The molecule has 0 amide bonds. The zero-order chi connectivity index (χ0) is 13.4. The van der Waals surface area contributed by atoms with Crippen molar-refractivity contribution in [1.29, 1.82) is 5.26 Å². The Morgan fingerprint density at radius 3 is 2.89 bits per heavy atom. The fraction of sp³-hybridized carbons (Fsp3) is 0.214. The molecule has 0 fully saturated rings. The lowest BCUT2D eigenvalue weighted by molar-refractivity contribution is 0.936. The molecule has 0 unspecified atom stereocenters. The summed E-state index contributed by atoms with van der Waals surface area (Å²) >= 11 is 1.43. The standard InChI is InChI=1S/C14H12N4S/c1-9-7-13-16-17-14(19-10(2)8-15)18(13)12-6-4-3-5-11(9)12/h3-7,10H,1-2H3/t10-/m0/s1. The number of fused-ring (bicyclic) bond motifs is 3. The number of benzene rings is 1. The lowest BCUT2D eigenvalue weighted by Gasteiger charge is -2.07. The maximum atomic E-state index is 8.93. The highest BCUT2D eigenvalue weighted by Gasteiger charge is 2.13. The lowest BCUT2D eigenvalue weighted by Crippen LogP contribution is -1.96. The van der Waals surface area contributed by atoms with Crippen LogP contribution >= 0.6 is 11.8 Å². The van der Waals surface area contributed by atoms with Gasteiger partial charge in [0.25, 0.3) is 0 Å². The average Bonchev–Trinajstić information content (AvgIpc) is 2.82. The number of rotatable bonds is 2. The molecule has 1 atom stereocenters. The van der Waals surface area contributed by atoms with E-state index in [2.05, 4.69) is 35.3 Å². The number of pyridine rings is 1. The molecule has 2 aromatic heterocycles. The Hall–Kier alpha value is -2.06. The summed E-state index contributed by atoms with van der Waals surface area (Å²) in [5, 5.41) is 19.1. The van der Waals surface area contributed by atoms with Crippen molar-refractivity contribution in [3.05, 3.63) is 35.9 Å². The van der Waals surface area contributed by atoms with Crippen LogP contribution in [-0.4, -0.2) is 19.8 Å². The smallest absolute Gasteiger partial charge is 0.197 e. The van der Waals surface area contributed by atoms with E-state index in [-0.39, 0.29) is 5.25 Å². The zero-order valence-corrected chi connectivity index (χ0v) is 11.5. The van der Waals surface area contributed by atoms with Gasteiger partial charge < -0.3 is 0 Å². The third kappa shape index (κ3) is 1.94. The summed E-state index contributed by atoms with van der Waals surface area (Å²) in [7, 11) is 0. The van der Waals surface area contributed by atoms with Crippen LogP contribution in [0, 0.1) is 18.3 Å². The summed E-state index contributed by atoms with van der Waals surface area (Å²) in [6, 6.07) is 12.4. The first-order valence-corrected chi connectivity index (χ1v) is 6.88. The molecule has 94 valence electrons. The van der Waals surface area contributed by atoms with E-state index in [1.165, 1.54) is 22.7 Å². The molecule has 3 rings (SSSR count). The molecule has 0 saturated heterocycles. The second-order valence-electron chi connectivity index (χ2n) is 4.41. The Morgan fingerprint density at radius 1 is 1.32 bits per heavy atom. The highest BCUT2D eigenvalue weighted by Crippen LogP contribution is 2.27. The van der Waals surface area contributed by atoms with Crippen LogP contribution in [0.4, 0.5) is 0 Å². The van der Waals surface area contributed by atoms with E-state index >= 15 is 0 Å². The van der Waals surface area contributed by atoms with Crippen molar-refractivity contribution in [3.63, 3.8) is 0 Å². The molecule has 0 saturated carbocycles. The molecule has 1 aromatic carbocycles. The number of hydrogen-bond donors (Lipinski definition) is 0. The Morgan fingerprint density at radius 2 is 2.11 bits per heavy atom. The van der Waals surface area contributed by atoms with Crippen LogP contribution < -0.4 is 0 Å². The van der Waals surface area contributed by atoms with Crippen LogP contribution in [0.25, 0.3) is 16.6 Å². The van der Waals surface area contributed by atoms with Crippen molar-refractivity contribution >= 4 is 28.3 Å². The van der Waals surface area contributed by atoms with Crippen LogP contribution in [0.2, 0.25) is 0 Å². The van der Waals surface area contributed by atoms with Gasteiger partial charge in [0.15, 0.2) is 10.8 Å². The molecule has 0 spiro atoms. The molecule has 5 heteroatoms.